The Morgan fingerprint density at radius 2 is 1.70 bits per heavy atom. The van der Waals surface area contributed by atoms with Crippen LogP contribution in [0.25, 0.3) is 0 Å². The van der Waals surface area contributed by atoms with Crippen LogP contribution in [0.4, 0.5) is 5.69 Å². The van der Waals surface area contributed by atoms with E-state index < -0.39 is 0 Å². The second-order valence-electron chi connectivity index (χ2n) is 8.96. The van der Waals surface area contributed by atoms with Gasteiger partial charge in [0.25, 0.3) is 11.8 Å². The molecule has 4 rings (SSSR count). The van der Waals surface area contributed by atoms with E-state index in [4.69, 9.17) is 4.42 Å². The SMILES string of the molecule is C[C@H]1C[C@H](C)CN(C(=O)c2nc3c(o2)CCN(C(=O)c2ccc(N(C)C)cc2)C3)C1. The van der Waals surface area contributed by atoms with Crippen LogP contribution in [-0.2, 0) is 13.0 Å². The summed E-state index contributed by atoms with van der Waals surface area (Å²) in [5.41, 5.74) is 2.40. The molecule has 0 aliphatic carbocycles. The third-order valence-corrected chi connectivity index (χ3v) is 5.98. The van der Waals surface area contributed by atoms with Crippen molar-refractivity contribution in [3.63, 3.8) is 0 Å². The van der Waals surface area contributed by atoms with Crippen LogP contribution in [0, 0.1) is 11.8 Å². The Kier molecular flexibility index (Phi) is 5.54. The predicted octanol–water partition coefficient (Wildman–Crippen LogP) is 3.06. The van der Waals surface area contributed by atoms with Crippen LogP contribution >= 0.6 is 0 Å². The van der Waals surface area contributed by atoms with Gasteiger partial charge in [0.2, 0.25) is 0 Å². The maximum Gasteiger partial charge on any atom is 0.309 e. The zero-order valence-electron chi connectivity index (χ0n) is 18.2. The molecular weight excluding hydrogens is 380 g/mol. The summed E-state index contributed by atoms with van der Waals surface area (Å²) in [5.74, 6) is 1.68. The zero-order chi connectivity index (χ0) is 21.4. The van der Waals surface area contributed by atoms with Crippen molar-refractivity contribution in [2.45, 2.75) is 33.2 Å². The van der Waals surface area contributed by atoms with Gasteiger partial charge in [-0.1, -0.05) is 13.8 Å². The number of hydrogen-bond donors (Lipinski definition) is 0. The molecule has 1 fully saturated rings. The van der Waals surface area contributed by atoms with E-state index in [2.05, 4.69) is 18.8 Å². The first-order valence-electron chi connectivity index (χ1n) is 10.7. The monoisotopic (exact) mass is 410 g/mol. The lowest BCUT2D eigenvalue weighted by molar-refractivity contribution is 0.0580. The first-order chi connectivity index (χ1) is 14.3. The zero-order valence-corrected chi connectivity index (χ0v) is 18.2. The minimum atomic E-state index is -0.139. The van der Waals surface area contributed by atoms with Crippen molar-refractivity contribution in [1.82, 2.24) is 14.8 Å². The fourth-order valence-corrected chi connectivity index (χ4v) is 4.51. The van der Waals surface area contributed by atoms with Crippen LogP contribution in [0.2, 0.25) is 0 Å². The summed E-state index contributed by atoms with van der Waals surface area (Å²) in [6.07, 6.45) is 1.71. The van der Waals surface area contributed by atoms with Gasteiger partial charge < -0.3 is 19.1 Å². The molecule has 2 amide bonds. The standard InChI is InChI=1S/C23H30N4O3/c1-15-11-16(2)13-27(12-15)23(29)21-24-19-14-26(10-9-20(19)30-21)22(28)17-5-7-18(8-6-17)25(3)4/h5-8,15-16H,9-14H2,1-4H3/t15-,16-/m0/s1. The van der Waals surface area contributed by atoms with Crippen molar-refractivity contribution in [2.75, 3.05) is 38.6 Å². The van der Waals surface area contributed by atoms with Gasteiger partial charge in [-0.2, -0.15) is 0 Å². The van der Waals surface area contributed by atoms with Gasteiger partial charge in [0.1, 0.15) is 11.5 Å². The Morgan fingerprint density at radius 1 is 1.03 bits per heavy atom. The van der Waals surface area contributed by atoms with Gasteiger partial charge in [-0.05, 0) is 42.5 Å². The molecule has 7 heteroatoms. The highest BCUT2D eigenvalue weighted by Crippen LogP contribution is 2.26. The molecule has 1 aromatic carbocycles. The Bertz CT molecular complexity index is 924. The lowest BCUT2D eigenvalue weighted by atomic mass is 9.92. The number of fused-ring (bicyclic) bond motifs is 1. The minimum absolute atomic E-state index is 0.0273. The van der Waals surface area contributed by atoms with E-state index in [0.29, 0.717) is 42.6 Å². The second-order valence-corrected chi connectivity index (χ2v) is 8.96. The Hall–Kier alpha value is -2.83. The average Bonchev–Trinajstić information content (AvgIpc) is 3.15. The molecule has 2 aliphatic heterocycles. The van der Waals surface area contributed by atoms with Crippen molar-refractivity contribution in [3.05, 3.63) is 47.2 Å². The highest BCUT2D eigenvalue weighted by molar-refractivity contribution is 5.94. The number of piperidine rings is 1. The number of likely N-dealkylation sites (tertiary alicyclic amines) is 1. The number of hydrogen-bond acceptors (Lipinski definition) is 5. The molecule has 0 radical (unpaired) electrons. The number of carbonyl (C=O) groups excluding carboxylic acids is 2. The summed E-state index contributed by atoms with van der Waals surface area (Å²) < 4.78 is 5.82. The van der Waals surface area contributed by atoms with Crippen molar-refractivity contribution < 1.29 is 14.0 Å². The summed E-state index contributed by atoms with van der Waals surface area (Å²) in [7, 11) is 3.94. The first kappa shape index (κ1) is 20.4. The molecule has 0 unspecified atom stereocenters. The second kappa shape index (κ2) is 8.13. The minimum Gasteiger partial charge on any atom is -0.437 e. The third-order valence-electron chi connectivity index (χ3n) is 5.98. The number of nitrogens with zero attached hydrogens (tertiary/aromatic N) is 4. The maximum atomic E-state index is 12.9. The van der Waals surface area contributed by atoms with Crippen LogP contribution in [0.3, 0.4) is 0 Å². The Balaban J connectivity index is 1.46. The number of benzene rings is 1. The van der Waals surface area contributed by atoms with Crippen LogP contribution in [0.15, 0.2) is 28.7 Å². The van der Waals surface area contributed by atoms with Crippen molar-refractivity contribution in [3.8, 4) is 0 Å². The normalized spacial score (nSPS) is 21.3. The summed E-state index contributed by atoms with van der Waals surface area (Å²) in [6, 6.07) is 7.58. The third kappa shape index (κ3) is 4.06. The summed E-state index contributed by atoms with van der Waals surface area (Å²) in [6.45, 7) is 6.75. The molecule has 30 heavy (non-hydrogen) atoms. The fraction of sp³-hybridized carbons (Fsp3) is 0.522. The van der Waals surface area contributed by atoms with E-state index in [1.807, 2.05) is 48.2 Å². The van der Waals surface area contributed by atoms with Crippen LogP contribution < -0.4 is 4.90 Å². The van der Waals surface area contributed by atoms with Crippen molar-refractivity contribution in [1.29, 1.82) is 0 Å². The van der Waals surface area contributed by atoms with Crippen LogP contribution in [-0.4, -0.2) is 60.3 Å². The molecule has 7 nitrogen and oxygen atoms in total. The molecule has 0 N–H and O–H groups in total. The van der Waals surface area contributed by atoms with E-state index in [-0.39, 0.29) is 17.7 Å². The van der Waals surface area contributed by atoms with Crippen molar-refractivity contribution >= 4 is 17.5 Å². The maximum absolute atomic E-state index is 12.9. The molecule has 3 heterocycles. The smallest absolute Gasteiger partial charge is 0.309 e. The molecule has 0 bridgehead atoms. The van der Waals surface area contributed by atoms with Gasteiger partial charge in [0.05, 0.1) is 6.54 Å². The molecule has 2 aliphatic rings. The quantitative estimate of drug-likeness (QED) is 0.778. The van der Waals surface area contributed by atoms with E-state index in [0.717, 1.165) is 31.0 Å². The topological polar surface area (TPSA) is 69.9 Å². The number of anilines is 1. The van der Waals surface area contributed by atoms with Gasteiger partial charge in [0.15, 0.2) is 0 Å². The molecular formula is C23H30N4O3. The number of oxazole rings is 1. The number of amides is 2. The van der Waals surface area contributed by atoms with Gasteiger partial charge >= 0.3 is 5.91 Å². The summed E-state index contributed by atoms with van der Waals surface area (Å²) in [4.78, 5) is 36.0. The van der Waals surface area contributed by atoms with Gasteiger partial charge in [0, 0.05) is 51.4 Å². The van der Waals surface area contributed by atoms with Crippen LogP contribution in [0.5, 0.6) is 0 Å². The molecule has 0 spiro atoms. The van der Waals surface area contributed by atoms with E-state index >= 15 is 0 Å². The molecule has 160 valence electrons. The van der Waals surface area contributed by atoms with Gasteiger partial charge in [-0.15, -0.1) is 0 Å². The Labute approximate surface area is 177 Å². The van der Waals surface area contributed by atoms with E-state index in [9.17, 15) is 9.59 Å². The lowest BCUT2D eigenvalue weighted by Crippen LogP contribution is -2.42. The largest absolute Gasteiger partial charge is 0.437 e. The Morgan fingerprint density at radius 3 is 2.33 bits per heavy atom. The number of aromatic nitrogens is 1. The molecule has 0 saturated carbocycles. The fourth-order valence-electron chi connectivity index (χ4n) is 4.51. The highest BCUT2D eigenvalue weighted by atomic mass is 16.4. The lowest BCUT2D eigenvalue weighted by Gasteiger charge is -2.34. The predicted molar refractivity (Wildman–Crippen MR) is 115 cm³/mol. The van der Waals surface area contributed by atoms with Gasteiger partial charge in [-0.25, -0.2) is 4.98 Å². The average molecular weight is 411 g/mol. The molecule has 1 saturated heterocycles. The van der Waals surface area contributed by atoms with E-state index in [1.165, 1.54) is 0 Å². The van der Waals surface area contributed by atoms with Crippen LogP contribution in [0.1, 0.15) is 52.8 Å². The molecule has 1 aromatic heterocycles. The van der Waals surface area contributed by atoms with Gasteiger partial charge in [-0.3, -0.25) is 9.59 Å². The molecule has 2 aromatic rings. The summed E-state index contributed by atoms with van der Waals surface area (Å²) in [5, 5.41) is 0. The molecule has 2 atom stereocenters. The van der Waals surface area contributed by atoms with Crippen molar-refractivity contribution in [2.24, 2.45) is 11.8 Å². The number of rotatable bonds is 3. The first-order valence-corrected chi connectivity index (χ1v) is 10.7. The van der Waals surface area contributed by atoms with E-state index in [1.54, 1.807) is 4.90 Å². The summed E-state index contributed by atoms with van der Waals surface area (Å²) >= 11 is 0. The highest BCUT2D eigenvalue weighted by Gasteiger charge is 2.32. The number of carbonyl (C=O) groups is 2.